The van der Waals surface area contributed by atoms with Crippen LogP contribution in [-0.2, 0) is 6.54 Å². The molecule has 0 unspecified atom stereocenters. The summed E-state index contributed by atoms with van der Waals surface area (Å²) in [5.41, 5.74) is 2.14. The van der Waals surface area contributed by atoms with Crippen LogP contribution >= 0.6 is 23.4 Å². The third-order valence-corrected chi connectivity index (χ3v) is 4.04. The third kappa shape index (κ3) is 5.30. The third-order valence-electron chi connectivity index (χ3n) is 2.82. The molecule has 112 valence electrons. The topological polar surface area (TPSA) is 37.8 Å². The van der Waals surface area contributed by atoms with Crippen molar-refractivity contribution in [2.75, 3.05) is 0 Å². The molecule has 0 saturated heterocycles. The number of hydrogen-bond donors (Lipinski definition) is 1. The van der Waals surface area contributed by atoms with Gasteiger partial charge >= 0.3 is 0 Å². The molecule has 1 aromatic heterocycles. The van der Waals surface area contributed by atoms with Gasteiger partial charge in [-0.05, 0) is 63.2 Å². The van der Waals surface area contributed by atoms with Gasteiger partial charge in [-0.25, -0.2) is 9.97 Å². The number of aromatic nitrogens is 2. The Kier molecular flexibility index (Phi) is 5.25. The lowest BCUT2D eigenvalue weighted by Crippen LogP contribution is -2.35. The highest BCUT2D eigenvalue weighted by molar-refractivity contribution is 7.99. The number of halogens is 1. The summed E-state index contributed by atoms with van der Waals surface area (Å²) in [6, 6.07) is 7.97. The van der Waals surface area contributed by atoms with Crippen molar-refractivity contribution < 1.29 is 0 Å². The lowest BCUT2D eigenvalue weighted by Gasteiger charge is -2.21. The van der Waals surface area contributed by atoms with E-state index in [1.807, 2.05) is 19.1 Å². The smallest absolute Gasteiger partial charge is 0.192 e. The number of rotatable bonds is 4. The van der Waals surface area contributed by atoms with Crippen LogP contribution in [0.15, 0.2) is 40.5 Å². The maximum atomic E-state index is 6.36. The second-order valence-corrected chi connectivity index (χ2v) is 7.39. The fraction of sp³-hybridized carbons (Fsp3) is 0.375. The number of nitrogens with zero attached hydrogens (tertiary/aromatic N) is 2. The van der Waals surface area contributed by atoms with E-state index in [2.05, 4.69) is 48.2 Å². The number of hydrogen-bond acceptors (Lipinski definition) is 4. The van der Waals surface area contributed by atoms with Crippen molar-refractivity contribution in [3.8, 4) is 0 Å². The minimum atomic E-state index is 0.0756. The second kappa shape index (κ2) is 6.77. The summed E-state index contributed by atoms with van der Waals surface area (Å²) in [6.07, 6.45) is 1.77. The highest BCUT2D eigenvalue weighted by Crippen LogP contribution is 2.29. The summed E-state index contributed by atoms with van der Waals surface area (Å²) in [4.78, 5) is 9.68. The number of nitrogens with one attached hydrogen (secondary N) is 1. The molecule has 3 nitrogen and oxygen atoms in total. The molecule has 0 saturated carbocycles. The summed E-state index contributed by atoms with van der Waals surface area (Å²) < 4.78 is 0. The van der Waals surface area contributed by atoms with Gasteiger partial charge in [-0.3, -0.25) is 0 Å². The van der Waals surface area contributed by atoms with Crippen molar-refractivity contribution in [2.24, 2.45) is 0 Å². The Hall–Kier alpha value is -1.10. The van der Waals surface area contributed by atoms with Gasteiger partial charge in [0.2, 0.25) is 0 Å². The van der Waals surface area contributed by atoms with Gasteiger partial charge in [0.1, 0.15) is 0 Å². The van der Waals surface area contributed by atoms with Crippen molar-refractivity contribution in [2.45, 2.75) is 49.8 Å². The van der Waals surface area contributed by atoms with Gasteiger partial charge in [0, 0.05) is 33.9 Å². The van der Waals surface area contributed by atoms with Gasteiger partial charge in [-0.2, -0.15) is 0 Å². The van der Waals surface area contributed by atoms with Crippen LogP contribution in [0.25, 0.3) is 0 Å². The Morgan fingerprint density at radius 1 is 1.24 bits per heavy atom. The van der Waals surface area contributed by atoms with E-state index >= 15 is 0 Å². The minimum Gasteiger partial charge on any atom is -0.308 e. The van der Waals surface area contributed by atoms with Crippen LogP contribution in [0.2, 0.25) is 5.02 Å². The van der Waals surface area contributed by atoms with Crippen LogP contribution in [0.3, 0.4) is 0 Å². The average Bonchev–Trinajstić information content (AvgIpc) is 2.36. The van der Waals surface area contributed by atoms with E-state index in [4.69, 9.17) is 11.6 Å². The fourth-order valence-electron chi connectivity index (χ4n) is 1.68. The predicted molar refractivity (Wildman–Crippen MR) is 88.9 cm³/mol. The molecule has 1 aromatic carbocycles. The lowest BCUT2D eigenvalue weighted by molar-refractivity contribution is 0.424. The van der Waals surface area contributed by atoms with Gasteiger partial charge in [0.25, 0.3) is 0 Å². The second-order valence-electron chi connectivity index (χ2n) is 5.94. The van der Waals surface area contributed by atoms with Crippen LogP contribution in [0.1, 0.15) is 32.0 Å². The van der Waals surface area contributed by atoms with E-state index in [0.29, 0.717) is 0 Å². The Labute approximate surface area is 135 Å². The summed E-state index contributed by atoms with van der Waals surface area (Å²) in [6.45, 7) is 9.13. The maximum absolute atomic E-state index is 6.36. The quantitative estimate of drug-likeness (QED) is 0.843. The van der Waals surface area contributed by atoms with Gasteiger partial charge in [0.05, 0.1) is 0 Å². The molecule has 1 N–H and O–H groups in total. The molecular weight excluding hydrogens is 302 g/mol. The zero-order valence-corrected chi connectivity index (χ0v) is 14.3. The zero-order chi connectivity index (χ0) is 15.5. The largest absolute Gasteiger partial charge is 0.308 e. The number of aryl methyl sites for hydroxylation is 1. The Balaban J connectivity index is 2.08. The molecule has 0 aliphatic carbocycles. The molecule has 1 heterocycles. The van der Waals surface area contributed by atoms with Gasteiger partial charge in [-0.1, -0.05) is 17.7 Å². The van der Waals surface area contributed by atoms with Crippen LogP contribution in [-0.4, -0.2) is 15.5 Å². The Morgan fingerprint density at radius 3 is 2.62 bits per heavy atom. The van der Waals surface area contributed by atoms with Crippen LogP contribution in [0.5, 0.6) is 0 Å². The first-order valence-corrected chi connectivity index (χ1v) is 8.04. The summed E-state index contributed by atoms with van der Waals surface area (Å²) in [5, 5.41) is 4.95. The van der Waals surface area contributed by atoms with Crippen molar-refractivity contribution >= 4 is 23.4 Å². The first kappa shape index (κ1) is 16.3. The first-order chi connectivity index (χ1) is 9.83. The minimum absolute atomic E-state index is 0.0756. The van der Waals surface area contributed by atoms with Gasteiger partial charge < -0.3 is 5.32 Å². The molecule has 0 bridgehead atoms. The highest BCUT2D eigenvalue weighted by atomic mass is 35.5. The first-order valence-electron chi connectivity index (χ1n) is 6.84. The van der Waals surface area contributed by atoms with Gasteiger partial charge in [0.15, 0.2) is 5.16 Å². The monoisotopic (exact) mass is 321 g/mol. The van der Waals surface area contributed by atoms with Crippen LogP contribution in [0.4, 0.5) is 0 Å². The normalized spacial score (nSPS) is 11.7. The van der Waals surface area contributed by atoms with Crippen molar-refractivity contribution in [1.82, 2.24) is 15.3 Å². The molecule has 0 radical (unpaired) electrons. The van der Waals surface area contributed by atoms with Crippen LogP contribution < -0.4 is 5.32 Å². The molecule has 2 rings (SSSR count). The Bertz CT molecular complexity index is 623. The predicted octanol–water partition coefficient (Wildman–Crippen LogP) is 4.48. The molecule has 0 atom stereocenters. The van der Waals surface area contributed by atoms with Gasteiger partial charge in [-0.15, -0.1) is 0 Å². The molecular formula is C16H20ClN3S. The molecule has 0 fully saturated rings. The Morgan fingerprint density at radius 2 is 2.00 bits per heavy atom. The lowest BCUT2D eigenvalue weighted by atomic mass is 10.1. The molecule has 0 amide bonds. The van der Waals surface area contributed by atoms with Crippen molar-refractivity contribution in [1.29, 1.82) is 0 Å². The summed E-state index contributed by atoms with van der Waals surface area (Å²) in [5.74, 6) is 0. The highest BCUT2D eigenvalue weighted by Gasteiger charge is 2.10. The molecule has 0 spiro atoms. The van der Waals surface area contributed by atoms with Crippen LogP contribution in [0, 0.1) is 6.92 Å². The molecule has 2 aromatic rings. The van der Waals surface area contributed by atoms with Crippen molar-refractivity contribution in [3.63, 3.8) is 0 Å². The van der Waals surface area contributed by atoms with E-state index in [1.165, 1.54) is 11.8 Å². The maximum Gasteiger partial charge on any atom is 0.192 e. The molecule has 0 aliphatic rings. The number of benzene rings is 1. The standard InChI is InChI=1S/C16H20ClN3S/c1-11-7-8-18-15(20-11)21-13-6-5-12(14(17)9-13)10-19-16(2,3)4/h5-9,19H,10H2,1-4H3. The van der Waals surface area contributed by atoms with E-state index in [-0.39, 0.29) is 5.54 Å². The van der Waals surface area contributed by atoms with E-state index in [1.54, 1.807) is 6.20 Å². The van der Waals surface area contributed by atoms with E-state index < -0.39 is 0 Å². The molecule has 21 heavy (non-hydrogen) atoms. The van der Waals surface area contributed by atoms with E-state index in [0.717, 1.165) is 32.9 Å². The SMILES string of the molecule is Cc1ccnc(Sc2ccc(CNC(C)(C)C)c(Cl)c2)n1. The summed E-state index contributed by atoms with van der Waals surface area (Å²) >= 11 is 7.88. The summed E-state index contributed by atoms with van der Waals surface area (Å²) in [7, 11) is 0. The zero-order valence-electron chi connectivity index (χ0n) is 12.8. The fourth-order valence-corrected chi connectivity index (χ4v) is 2.81. The average molecular weight is 322 g/mol. The van der Waals surface area contributed by atoms with Crippen molar-refractivity contribution in [3.05, 3.63) is 46.7 Å². The molecule has 0 aliphatic heterocycles. The molecule has 5 heteroatoms. The van der Waals surface area contributed by atoms with E-state index in [9.17, 15) is 0 Å².